The number of piperazine rings is 1. The second kappa shape index (κ2) is 9.52. The van der Waals surface area contributed by atoms with Crippen molar-refractivity contribution in [1.29, 1.82) is 0 Å². The van der Waals surface area contributed by atoms with Crippen molar-refractivity contribution in [2.24, 2.45) is 0 Å². The van der Waals surface area contributed by atoms with Crippen LogP contribution >= 0.6 is 0 Å². The Morgan fingerprint density at radius 2 is 1.33 bits per heavy atom. The number of fused-ring (bicyclic) bond motifs is 1. The molecule has 184 valence electrons. The minimum Gasteiger partial charge on any atom is -0.323 e. The van der Waals surface area contributed by atoms with Crippen LogP contribution in [0.3, 0.4) is 0 Å². The number of rotatable bonds is 5. The molecule has 0 bridgehead atoms. The number of hydrogen-bond acceptors (Lipinski definition) is 4. The van der Waals surface area contributed by atoms with E-state index >= 15 is 0 Å². The molecule has 1 spiro atoms. The molecule has 2 saturated heterocycles. The molecule has 0 radical (unpaired) electrons. The summed E-state index contributed by atoms with van der Waals surface area (Å²) >= 11 is 0. The highest BCUT2D eigenvalue weighted by molar-refractivity contribution is 6.07. The average molecular weight is 481 g/mol. The third-order valence-electron chi connectivity index (χ3n) is 8.02. The molecule has 3 aromatic rings. The second-order valence-corrected chi connectivity index (χ2v) is 10.2. The Balaban J connectivity index is 1.13. The SMILES string of the molecule is O=C1NC2(CCc3ccccc3C2)C(=O)N1CN1CCN(C(c2ccccc2)c2ccccc2)CC1. The highest BCUT2D eigenvalue weighted by atomic mass is 16.2. The van der Waals surface area contributed by atoms with Crippen LogP contribution in [-0.2, 0) is 17.6 Å². The van der Waals surface area contributed by atoms with Gasteiger partial charge in [0.1, 0.15) is 5.54 Å². The van der Waals surface area contributed by atoms with Crippen LogP contribution in [-0.4, -0.2) is 65.0 Å². The fraction of sp³-hybridized carbons (Fsp3) is 0.333. The monoisotopic (exact) mass is 480 g/mol. The van der Waals surface area contributed by atoms with Gasteiger partial charge in [0.2, 0.25) is 0 Å². The van der Waals surface area contributed by atoms with Crippen molar-refractivity contribution in [1.82, 2.24) is 20.0 Å². The van der Waals surface area contributed by atoms with Gasteiger partial charge in [-0.05, 0) is 35.1 Å². The van der Waals surface area contributed by atoms with Crippen molar-refractivity contribution in [3.8, 4) is 0 Å². The Kier molecular flexibility index (Phi) is 6.07. The van der Waals surface area contributed by atoms with Gasteiger partial charge >= 0.3 is 6.03 Å². The van der Waals surface area contributed by atoms with E-state index in [2.05, 4.69) is 87.9 Å². The average Bonchev–Trinajstić information content (AvgIpc) is 3.14. The minimum atomic E-state index is -0.793. The number of urea groups is 1. The Hall–Kier alpha value is -3.48. The maximum atomic E-state index is 13.5. The van der Waals surface area contributed by atoms with E-state index in [1.807, 2.05) is 12.1 Å². The first-order valence-electron chi connectivity index (χ1n) is 12.9. The van der Waals surface area contributed by atoms with Crippen LogP contribution < -0.4 is 5.32 Å². The minimum absolute atomic E-state index is 0.0733. The largest absolute Gasteiger partial charge is 0.326 e. The molecule has 3 aromatic carbocycles. The van der Waals surface area contributed by atoms with E-state index in [1.165, 1.54) is 27.2 Å². The number of nitrogens with zero attached hydrogens (tertiary/aromatic N) is 3. The number of hydrogen-bond donors (Lipinski definition) is 1. The van der Waals surface area contributed by atoms with Crippen molar-refractivity contribution >= 4 is 11.9 Å². The summed E-state index contributed by atoms with van der Waals surface area (Å²) < 4.78 is 0. The van der Waals surface area contributed by atoms with E-state index in [-0.39, 0.29) is 18.0 Å². The molecule has 0 saturated carbocycles. The number of carbonyl (C=O) groups excluding carboxylic acids is 2. The van der Waals surface area contributed by atoms with Crippen LogP contribution in [0.15, 0.2) is 84.9 Å². The summed E-state index contributed by atoms with van der Waals surface area (Å²) in [4.78, 5) is 32.6. The zero-order valence-electron chi connectivity index (χ0n) is 20.5. The summed E-state index contributed by atoms with van der Waals surface area (Å²) in [6, 6.07) is 29.5. The standard InChI is InChI=1S/C30H32N4O2/c35-28-30(16-15-23-9-7-8-14-26(23)21-30)31-29(36)34(28)22-32-17-19-33(20-18-32)27(24-10-3-1-4-11-24)25-12-5-2-6-13-25/h1-14,27H,15-22H2,(H,31,36). The summed E-state index contributed by atoms with van der Waals surface area (Å²) in [6.45, 7) is 3.71. The first-order valence-corrected chi connectivity index (χ1v) is 12.9. The number of amides is 3. The molecule has 1 N–H and O–H groups in total. The van der Waals surface area contributed by atoms with Gasteiger partial charge < -0.3 is 5.32 Å². The van der Waals surface area contributed by atoms with Gasteiger partial charge in [0.05, 0.1) is 12.7 Å². The summed E-state index contributed by atoms with van der Waals surface area (Å²) in [5, 5.41) is 3.07. The van der Waals surface area contributed by atoms with Gasteiger partial charge in [-0.2, -0.15) is 0 Å². The molecule has 3 aliphatic rings. The predicted octanol–water partition coefficient (Wildman–Crippen LogP) is 3.83. The normalized spacial score (nSPS) is 22.8. The van der Waals surface area contributed by atoms with Crippen molar-refractivity contribution in [3.63, 3.8) is 0 Å². The molecule has 1 unspecified atom stereocenters. The molecule has 2 heterocycles. The van der Waals surface area contributed by atoms with E-state index in [0.29, 0.717) is 19.5 Å². The van der Waals surface area contributed by atoms with Gasteiger partial charge in [-0.15, -0.1) is 0 Å². The number of imide groups is 1. The Morgan fingerprint density at radius 3 is 1.97 bits per heavy atom. The lowest BCUT2D eigenvalue weighted by Gasteiger charge is -2.40. The Morgan fingerprint density at radius 1 is 0.750 bits per heavy atom. The molecule has 6 rings (SSSR count). The Labute approximate surface area is 212 Å². The number of aryl methyl sites for hydroxylation is 1. The van der Waals surface area contributed by atoms with Crippen molar-refractivity contribution < 1.29 is 9.59 Å². The summed E-state index contributed by atoms with van der Waals surface area (Å²) in [6.07, 6.45) is 2.05. The number of nitrogens with one attached hydrogen (secondary N) is 1. The third kappa shape index (κ3) is 4.21. The molecule has 3 amide bonds. The van der Waals surface area contributed by atoms with Crippen LogP contribution in [0.4, 0.5) is 4.79 Å². The molecule has 6 nitrogen and oxygen atoms in total. The lowest BCUT2D eigenvalue weighted by Crippen LogP contribution is -2.53. The first-order chi connectivity index (χ1) is 17.6. The molecular formula is C30H32N4O2. The molecule has 6 heteroatoms. The number of carbonyl (C=O) groups is 2. The molecule has 36 heavy (non-hydrogen) atoms. The highest BCUT2D eigenvalue weighted by Crippen LogP contribution is 2.34. The van der Waals surface area contributed by atoms with Gasteiger partial charge in [0.15, 0.2) is 0 Å². The maximum absolute atomic E-state index is 13.5. The zero-order valence-corrected chi connectivity index (χ0v) is 20.5. The van der Waals surface area contributed by atoms with Crippen LogP contribution in [0.5, 0.6) is 0 Å². The fourth-order valence-electron chi connectivity index (χ4n) is 6.08. The van der Waals surface area contributed by atoms with Gasteiger partial charge in [-0.25, -0.2) is 9.69 Å². The van der Waals surface area contributed by atoms with E-state index in [1.54, 1.807) is 0 Å². The van der Waals surface area contributed by atoms with Crippen molar-refractivity contribution in [2.45, 2.75) is 30.8 Å². The topological polar surface area (TPSA) is 55.9 Å². The van der Waals surface area contributed by atoms with Gasteiger partial charge in [-0.1, -0.05) is 84.9 Å². The van der Waals surface area contributed by atoms with Crippen LogP contribution in [0, 0.1) is 0 Å². The predicted molar refractivity (Wildman–Crippen MR) is 139 cm³/mol. The summed E-state index contributed by atoms with van der Waals surface area (Å²) in [5.41, 5.74) is 4.22. The van der Waals surface area contributed by atoms with Crippen LogP contribution in [0.2, 0.25) is 0 Å². The third-order valence-corrected chi connectivity index (χ3v) is 8.02. The summed E-state index contributed by atoms with van der Waals surface area (Å²) in [5.74, 6) is -0.0733. The van der Waals surface area contributed by atoms with E-state index in [0.717, 1.165) is 32.6 Å². The molecule has 1 aliphatic carbocycles. The highest BCUT2D eigenvalue weighted by Gasteiger charge is 2.52. The Bertz CT molecular complexity index is 1200. The first kappa shape index (κ1) is 23.0. The van der Waals surface area contributed by atoms with Gasteiger partial charge in [0, 0.05) is 32.6 Å². The van der Waals surface area contributed by atoms with E-state index in [9.17, 15) is 9.59 Å². The molecule has 2 fully saturated rings. The quantitative estimate of drug-likeness (QED) is 0.564. The summed E-state index contributed by atoms with van der Waals surface area (Å²) in [7, 11) is 0. The lowest BCUT2D eigenvalue weighted by atomic mass is 9.78. The van der Waals surface area contributed by atoms with Crippen LogP contribution in [0.1, 0.15) is 34.7 Å². The van der Waals surface area contributed by atoms with Gasteiger partial charge in [0.25, 0.3) is 5.91 Å². The zero-order chi connectivity index (χ0) is 24.5. The van der Waals surface area contributed by atoms with Gasteiger partial charge in [-0.3, -0.25) is 14.6 Å². The van der Waals surface area contributed by atoms with Crippen LogP contribution in [0.25, 0.3) is 0 Å². The van der Waals surface area contributed by atoms with Crippen molar-refractivity contribution in [2.75, 3.05) is 32.8 Å². The molecule has 0 aromatic heterocycles. The van der Waals surface area contributed by atoms with E-state index < -0.39 is 5.54 Å². The molecule has 1 atom stereocenters. The fourth-order valence-corrected chi connectivity index (χ4v) is 6.08. The molecular weight excluding hydrogens is 448 g/mol. The van der Waals surface area contributed by atoms with Crippen molar-refractivity contribution in [3.05, 3.63) is 107 Å². The second-order valence-electron chi connectivity index (χ2n) is 10.2. The maximum Gasteiger partial charge on any atom is 0.326 e. The smallest absolute Gasteiger partial charge is 0.323 e. The lowest BCUT2D eigenvalue weighted by molar-refractivity contribution is -0.133. The molecule has 2 aliphatic heterocycles. The number of benzene rings is 3. The van der Waals surface area contributed by atoms with E-state index in [4.69, 9.17) is 0 Å².